The van der Waals surface area contributed by atoms with Gasteiger partial charge in [0.25, 0.3) is 0 Å². The van der Waals surface area contributed by atoms with Gasteiger partial charge in [0.15, 0.2) is 16.6 Å². The van der Waals surface area contributed by atoms with Crippen LogP contribution in [-0.2, 0) is 6.54 Å². The summed E-state index contributed by atoms with van der Waals surface area (Å²) in [7, 11) is 0. The molecular weight excluding hydrogens is 332 g/mol. The molecule has 0 N–H and O–H groups in total. The molecule has 0 spiro atoms. The van der Waals surface area contributed by atoms with Crippen molar-refractivity contribution >= 4 is 23.2 Å². The van der Waals surface area contributed by atoms with Crippen LogP contribution in [0.2, 0.25) is 0 Å². The summed E-state index contributed by atoms with van der Waals surface area (Å²) < 4.78 is 4.16. The molecule has 0 atom stereocenters. The van der Waals surface area contributed by atoms with Crippen LogP contribution in [0.4, 0.5) is 0 Å². The van der Waals surface area contributed by atoms with Crippen molar-refractivity contribution in [3.63, 3.8) is 0 Å². The van der Waals surface area contributed by atoms with E-state index in [-0.39, 0.29) is 5.78 Å². The van der Waals surface area contributed by atoms with Gasteiger partial charge in [0, 0.05) is 29.7 Å². The van der Waals surface area contributed by atoms with E-state index in [1.807, 2.05) is 41.8 Å². The van der Waals surface area contributed by atoms with Crippen LogP contribution in [0.1, 0.15) is 42.0 Å². The highest BCUT2D eigenvalue weighted by molar-refractivity contribution is 7.99. The van der Waals surface area contributed by atoms with Gasteiger partial charge in [0.05, 0.1) is 5.75 Å². The van der Waals surface area contributed by atoms with E-state index in [0.29, 0.717) is 11.7 Å². The number of pyridine rings is 1. The molecule has 132 valence electrons. The number of aromatic nitrogens is 4. The van der Waals surface area contributed by atoms with Gasteiger partial charge in [-0.05, 0) is 44.4 Å². The Labute approximate surface area is 152 Å². The Bertz CT molecular complexity index is 894. The number of hydrogen-bond acceptors (Lipinski definition) is 4. The van der Waals surface area contributed by atoms with E-state index in [2.05, 4.69) is 35.5 Å². The summed E-state index contributed by atoms with van der Waals surface area (Å²) in [5.74, 6) is 1.16. The molecule has 0 saturated heterocycles. The molecule has 6 heteroatoms. The van der Waals surface area contributed by atoms with E-state index in [9.17, 15) is 4.79 Å². The van der Waals surface area contributed by atoms with Crippen LogP contribution >= 0.6 is 11.8 Å². The lowest BCUT2D eigenvalue weighted by atomic mass is 10.1. The van der Waals surface area contributed by atoms with Gasteiger partial charge in [-0.15, -0.1) is 10.2 Å². The van der Waals surface area contributed by atoms with Crippen LogP contribution in [-0.4, -0.2) is 30.7 Å². The van der Waals surface area contributed by atoms with E-state index in [4.69, 9.17) is 0 Å². The Morgan fingerprint density at radius 1 is 1.24 bits per heavy atom. The van der Waals surface area contributed by atoms with Crippen molar-refractivity contribution in [2.75, 3.05) is 5.75 Å². The summed E-state index contributed by atoms with van der Waals surface area (Å²) in [5, 5.41) is 9.04. The zero-order chi connectivity index (χ0) is 18.0. The first-order valence-corrected chi connectivity index (χ1v) is 9.58. The molecule has 0 aromatic carbocycles. The van der Waals surface area contributed by atoms with Crippen molar-refractivity contribution in [1.29, 1.82) is 0 Å². The van der Waals surface area contributed by atoms with Crippen LogP contribution in [0.25, 0.3) is 5.65 Å². The summed E-state index contributed by atoms with van der Waals surface area (Å²) >= 11 is 1.43. The first-order valence-electron chi connectivity index (χ1n) is 8.60. The van der Waals surface area contributed by atoms with Gasteiger partial charge >= 0.3 is 0 Å². The van der Waals surface area contributed by atoms with Crippen LogP contribution in [0, 0.1) is 19.8 Å². The Kier molecular flexibility index (Phi) is 5.27. The van der Waals surface area contributed by atoms with E-state index in [0.717, 1.165) is 40.7 Å². The third kappa shape index (κ3) is 3.79. The number of nitrogens with zero attached hydrogens (tertiary/aromatic N) is 4. The predicted octanol–water partition coefficient (Wildman–Crippen LogP) is 4.17. The van der Waals surface area contributed by atoms with Gasteiger partial charge < -0.3 is 4.57 Å². The van der Waals surface area contributed by atoms with Crippen molar-refractivity contribution in [3.05, 3.63) is 47.4 Å². The molecule has 3 rings (SSSR count). The van der Waals surface area contributed by atoms with Crippen LogP contribution in [0.3, 0.4) is 0 Å². The van der Waals surface area contributed by atoms with Crippen molar-refractivity contribution in [2.24, 2.45) is 5.92 Å². The number of fused-ring (bicyclic) bond motifs is 1. The third-order valence-corrected chi connectivity index (χ3v) is 5.36. The van der Waals surface area contributed by atoms with Crippen molar-refractivity contribution in [3.8, 4) is 0 Å². The monoisotopic (exact) mass is 356 g/mol. The molecule has 3 aromatic rings. The lowest BCUT2D eigenvalue weighted by Crippen LogP contribution is -2.08. The van der Waals surface area contributed by atoms with Crippen molar-refractivity contribution in [2.45, 2.75) is 45.8 Å². The summed E-state index contributed by atoms with van der Waals surface area (Å²) in [6.07, 6.45) is 3.03. The second-order valence-electron chi connectivity index (χ2n) is 6.74. The summed E-state index contributed by atoms with van der Waals surface area (Å²) in [4.78, 5) is 12.7. The SMILES string of the molecule is Cc1cc(C(=O)CSc2nnc3ccccn23)c(C)n1CCC(C)C. The van der Waals surface area contributed by atoms with Crippen molar-refractivity contribution < 1.29 is 4.79 Å². The van der Waals surface area contributed by atoms with Gasteiger partial charge in [-0.3, -0.25) is 9.20 Å². The fourth-order valence-electron chi connectivity index (χ4n) is 2.94. The highest BCUT2D eigenvalue weighted by Crippen LogP contribution is 2.22. The van der Waals surface area contributed by atoms with E-state index in [1.165, 1.54) is 11.8 Å². The largest absolute Gasteiger partial charge is 0.348 e. The molecule has 0 radical (unpaired) electrons. The minimum Gasteiger partial charge on any atom is -0.348 e. The second-order valence-corrected chi connectivity index (χ2v) is 7.68. The number of carbonyl (C=O) groups is 1. The van der Waals surface area contributed by atoms with Crippen LogP contribution in [0.5, 0.6) is 0 Å². The standard InChI is InChI=1S/C19H24N4OS/c1-13(2)8-10-22-14(3)11-16(15(22)4)17(24)12-25-19-21-20-18-7-5-6-9-23(18)19/h5-7,9,11,13H,8,10,12H2,1-4H3. The molecule has 0 aliphatic heterocycles. The molecule has 0 amide bonds. The van der Waals surface area contributed by atoms with Gasteiger partial charge in [-0.2, -0.15) is 0 Å². The van der Waals surface area contributed by atoms with Gasteiger partial charge in [0.1, 0.15) is 0 Å². The first-order chi connectivity index (χ1) is 12.0. The molecule has 0 saturated carbocycles. The molecule has 5 nitrogen and oxygen atoms in total. The smallest absolute Gasteiger partial charge is 0.196 e. The molecule has 25 heavy (non-hydrogen) atoms. The van der Waals surface area contributed by atoms with E-state index >= 15 is 0 Å². The summed E-state index contributed by atoms with van der Waals surface area (Å²) in [5.41, 5.74) is 3.83. The van der Waals surface area contributed by atoms with Gasteiger partial charge in [-0.1, -0.05) is 31.7 Å². The molecular formula is C19H24N4OS. The summed E-state index contributed by atoms with van der Waals surface area (Å²) in [6, 6.07) is 7.78. The lowest BCUT2D eigenvalue weighted by molar-refractivity contribution is 0.102. The van der Waals surface area contributed by atoms with E-state index in [1.54, 1.807) is 0 Å². The quantitative estimate of drug-likeness (QED) is 0.471. The molecule has 0 bridgehead atoms. The third-order valence-electron chi connectivity index (χ3n) is 4.42. The Balaban J connectivity index is 1.72. The van der Waals surface area contributed by atoms with Crippen LogP contribution < -0.4 is 0 Å². The average molecular weight is 356 g/mol. The normalized spacial score (nSPS) is 11.6. The second kappa shape index (κ2) is 7.44. The van der Waals surface area contributed by atoms with Crippen LogP contribution in [0.15, 0.2) is 35.6 Å². The molecule has 0 aliphatic rings. The number of carbonyl (C=O) groups excluding carboxylic acids is 1. The highest BCUT2D eigenvalue weighted by Gasteiger charge is 2.17. The molecule has 0 aliphatic carbocycles. The lowest BCUT2D eigenvalue weighted by Gasteiger charge is -2.11. The average Bonchev–Trinajstić information content (AvgIpc) is 3.12. The summed E-state index contributed by atoms with van der Waals surface area (Å²) in [6.45, 7) is 9.52. The Morgan fingerprint density at radius 3 is 2.80 bits per heavy atom. The molecule has 0 unspecified atom stereocenters. The number of aryl methyl sites for hydroxylation is 1. The maximum absolute atomic E-state index is 12.7. The van der Waals surface area contributed by atoms with Gasteiger partial charge in [-0.25, -0.2) is 0 Å². The molecule has 3 aromatic heterocycles. The minimum atomic E-state index is 0.140. The maximum Gasteiger partial charge on any atom is 0.196 e. The number of rotatable bonds is 7. The van der Waals surface area contributed by atoms with E-state index < -0.39 is 0 Å². The number of hydrogen-bond donors (Lipinski definition) is 0. The Hall–Kier alpha value is -2.08. The topological polar surface area (TPSA) is 52.2 Å². The minimum absolute atomic E-state index is 0.140. The zero-order valence-electron chi connectivity index (χ0n) is 15.2. The van der Waals surface area contributed by atoms with Crippen molar-refractivity contribution in [1.82, 2.24) is 19.2 Å². The number of Topliss-reactive ketones (excluding diaryl/α,β-unsaturated/α-hetero) is 1. The number of thioether (sulfide) groups is 1. The molecule has 3 heterocycles. The number of ketones is 1. The zero-order valence-corrected chi connectivity index (χ0v) is 16.0. The molecule has 0 fully saturated rings. The fraction of sp³-hybridized carbons (Fsp3) is 0.421. The highest BCUT2D eigenvalue weighted by atomic mass is 32.2. The van der Waals surface area contributed by atoms with Gasteiger partial charge in [0.2, 0.25) is 0 Å². The Morgan fingerprint density at radius 2 is 2.04 bits per heavy atom. The maximum atomic E-state index is 12.7. The predicted molar refractivity (Wildman–Crippen MR) is 101 cm³/mol. The fourth-order valence-corrected chi connectivity index (χ4v) is 3.75. The first kappa shape index (κ1) is 17.7.